The van der Waals surface area contributed by atoms with Gasteiger partial charge in [0.05, 0.1) is 17.9 Å². The van der Waals surface area contributed by atoms with Gasteiger partial charge in [-0.3, -0.25) is 4.79 Å². The second-order valence-electron chi connectivity index (χ2n) is 4.31. The molecule has 17 heavy (non-hydrogen) atoms. The molecule has 0 aromatic carbocycles. The maximum absolute atomic E-state index is 11.4. The van der Waals surface area contributed by atoms with Crippen LogP contribution in [0.15, 0.2) is 0 Å². The number of rotatable bonds is 8. The van der Waals surface area contributed by atoms with Crippen molar-refractivity contribution in [3.8, 4) is 0 Å². The number of nitrogens with two attached hydrogens (primary N) is 1. The fraction of sp³-hybridized carbons (Fsp3) is 0.900. The van der Waals surface area contributed by atoms with Crippen LogP contribution in [-0.4, -0.2) is 50.1 Å². The number of aliphatic hydroxyl groups is 1. The van der Waals surface area contributed by atoms with Gasteiger partial charge in [0.25, 0.3) is 0 Å². The van der Waals surface area contributed by atoms with Gasteiger partial charge in [-0.2, -0.15) is 0 Å². The normalized spacial score (nSPS) is 15.3. The molecule has 6 nitrogen and oxygen atoms in total. The lowest BCUT2D eigenvalue weighted by atomic mass is 10.2. The molecule has 0 aliphatic carbocycles. The maximum atomic E-state index is 11.4. The highest BCUT2D eigenvalue weighted by molar-refractivity contribution is 7.90. The van der Waals surface area contributed by atoms with Crippen molar-refractivity contribution in [1.29, 1.82) is 0 Å². The number of amides is 1. The summed E-state index contributed by atoms with van der Waals surface area (Å²) >= 11 is 0. The predicted octanol–water partition coefficient (Wildman–Crippen LogP) is -0.974. The lowest BCUT2D eigenvalue weighted by Crippen LogP contribution is -2.42. The second kappa shape index (κ2) is 7.62. The van der Waals surface area contributed by atoms with Crippen LogP contribution in [0.4, 0.5) is 0 Å². The van der Waals surface area contributed by atoms with E-state index in [-0.39, 0.29) is 24.2 Å². The number of sulfone groups is 1. The summed E-state index contributed by atoms with van der Waals surface area (Å²) in [5.74, 6) is -0.436. The Bertz CT molecular complexity index is 327. The van der Waals surface area contributed by atoms with Gasteiger partial charge >= 0.3 is 0 Å². The van der Waals surface area contributed by atoms with Crippen LogP contribution in [0, 0.1) is 0 Å². The molecule has 0 saturated heterocycles. The maximum Gasteiger partial charge on any atom is 0.236 e. The van der Waals surface area contributed by atoms with Crippen LogP contribution in [0.25, 0.3) is 0 Å². The number of carbonyl (C=O) groups is 1. The molecule has 0 saturated carbocycles. The number of nitrogens with one attached hydrogen (secondary N) is 1. The number of carbonyl (C=O) groups excluding carboxylic acids is 1. The zero-order chi connectivity index (χ0) is 13.5. The van der Waals surface area contributed by atoms with Crippen molar-refractivity contribution in [2.75, 3.05) is 18.6 Å². The van der Waals surface area contributed by atoms with Crippen molar-refractivity contribution in [3.05, 3.63) is 0 Å². The Hall–Kier alpha value is -0.660. The Morgan fingerprint density at radius 1 is 1.41 bits per heavy atom. The number of hydrogen-bond donors (Lipinski definition) is 3. The van der Waals surface area contributed by atoms with E-state index in [0.29, 0.717) is 19.4 Å². The van der Waals surface area contributed by atoms with Crippen molar-refractivity contribution in [2.24, 2.45) is 5.73 Å². The zero-order valence-electron chi connectivity index (χ0n) is 10.3. The van der Waals surface area contributed by atoms with Gasteiger partial charge in [0.15, 0.2) is 0 Å². The summed E-state index contributed by atoms with van der Waals surface area (Å²) in [5.41, 5.74) is 5.54. The summed E-state index contributed by atoms with van der Waals surface area (Å²) < 4.78 is 21.8. The molecule has 102 valence electrons. The first-order chi connectivity index (χ1) is 7.72. The second-order valence-corrected chi connectivity index (χ2v) is 6.57. The van der Waals surface area contributed by atoms with Crippen molar-refractivity contribution in [3.63, 3.8) is 0 Å². The Morgan fingerprint density at radius 2 is 2.00 bits per heavy atom. The van der Waals surface area contributed by atoms with E-state index in [1.165, 1.54) is 0 Å². The highest BCUT2D eigenvalue weighted by atomic mass is 32.2. The molecule has 0 aromatic heterocycles. The Balaban J connectivity index is 3.75. The van der Waals surface area contributed by atoms with Crippen LogP contribution < -0.4 is 11.1 Å². The summed E-state index contributed by atoms with van der Waals surface area (Å²) in [4.78, 5) is 11.4. The molecular weight excluding hydrogens is 244 g/mol. The molecule has 0 aliphatic heterocycles. The van der Waals surface area contributed by atoms with E-state index >= 15 is 0 Å². The minimum atomic E-state index is -3.08. The van der Waals surface area contributed by atoms with Gasteiger partial charge in [-0.1, -0.05) is 0 Å². The van der Waals surface area contributed by atoms with Crippen LogP contribution in [-0.2, 0) is 14.6 Å². The molecule has 2 atom stereocenters. The molecule has 0 aliphatic rings. The average molecular weight is 266 g/mol. The lowest BCUT2D eigenvalue weighted by Gasteiger charge is -2.12. The van der Waals surface area contributed by atoms with E-state index in [1.54, 1.807) is 6.92 Å². The molecule has 0 aromatic rings. The molecule has 0 rings (SSSR count). The smallest absolute Gasteiger partial charge is 0.236 e. The van der Waals surface area contributed by atoms with Crippen LogP contribution in [0.3, 0.4) is 0 Å². The average Bonchev–Trinajstić information content (AvgIpc) is 2.19. The molecule has 0 spiro atoms. The molecule has 2 unspecified atom stereocenters. The highest BCUT2D eigenvalue weighted by Gasteiger charge is 2.15. The summed E-state index contributed by atoms with van der Waals surface area (Å²) in [5, 5.41) is 11.6. The third-order valence-electron chi connectivity index (χ3n) is 2.23. The third kappa shape index (κ3) is 10.2. The minimum absolute atomic E-state index is 0.0880. The molecule has 0 radical (unpaired) electrons. The topological polar surface area (TPSA) is 109 Å². The van der Waals surface area contributed by atoms with Gasteiger partial charge in [0.1, 0.15) is 9.84 Å². The van der Waals surface area contributed by atoms with Gasteiger partial charge in [-0.25, -0.2) is 8.42 Å². The lowest BCUT2D eigenvalue weighted by molar-refractivity contribution is -0.122. The molecule has 4 N–H and O–H groups in total. The number of aliphatic hydroxyl groups excluding tert-OH is 1. The van der Waals surface area contributed by atoms with Gasteiger partial charge in [-0.15, -0.1) is 0 Å². The molecule has 7 heteroatoms. The van der Waals surface area contributed by atoms with E-state index in [1.807, 2.05) is 0 Å². The third-order valence-corrected chi connectivity index (χ3v) is 3.21. The Labute approximate surface area is 102 Å². The molecule has 0 bridgehead atoms. The first kappa shape index (κ1) is 16.3. The largest absolute Gasteiger partial charge is 0.393 e. The SMILES string of the molecule is CC(O)CCCNC(=O)C(N)CCS(C)(=O)=O. The van der Waals surface area contributed by atoms with Gasteiger partial charge < -0.3 is 16.2 Å². The van der Waals surface area contributed by atoms with Crippen LogP contribution in [0.2, 0.25) is 0 Å². The van der Waals surface area contributed by atoms with Gasteiger partial charge in [0, 0.05) is 12.8 Å². The Kier molecular flexibility index (Phi) is 7.33. The van der Waals surface area contributed by atoms with Crippen molar-refractivity contribution in [1.82, 2.24) is 5.32 Å². The van der Waals surface area contributed by atoms with Crippen molar-refractivity contribution < 1.29 is 18.3 Å². The van der Waals surface area contributed by atoms with E-state index in [0.717, 1.165) is 6.26 Å². The number of hydrogen-bond acceptors (Lipinski definition) is 5. The fourth-order valence-electron chi connectivity index (χ4n) is 1.21. The van der Waals surface area contributed by atoms with Crippen molar-refractivity contribution in [2.45, 2.75) is 38.3 Å². The Morgan fingerprint density at radius 3 is 2.47 bits per heavy atom. The van der Waals surface area contributed by atoms with Crippen LogP contribution in [0.5, 0.6) is 0 Å². The molecule has 0 heterocycles. The van der Waals surface area contributed by atoms with Gasteiger partial charge in [-0.05, 0) is 26.2 Å². The summed E-state index contributed by atoms with van der Waals surface area (Å²) in [6, 6.07) is -0.795. The molecule has 0 fully saturated rings. The van der Waals surface area contributed by atoms with E-state index in [2.05, 4.69) is 5.32 Å². The van der Waals surface area contributed by atoms with E-state index < -0.39 is 15.9 Å². The summed E-state index contributed by atoms with van der Waals surface area (Å²) in [6.45, 7) is 2.12. The molecular formula is C10H22N2O4S. The zero-order valence-corrected chi connectivity index (χ0v) is 11.2. The van der Waals surface area contributed by atoms with Gasteiger partial charge in [0.2, 0.25) is 5.91 Å². The first-order valence-corrected chi connectivity index (χ1v) is 7.67. The summed E-state index contributed by atoms with van der Waals surface area (Å²) in [7, 11) is -3.08. The van der Waals surface area contributed by atoms with Crippen LogP contribution in [0.1, 0.15) is 26.2 Å². The first-order valence-electron chi connectivity index (χ1n) is 5.61. The minimum Gasteiger partial charge on any atom is -0.393 e. The summed E-state index contributed by atoms with van der Waals surface area (Å²) in [6.07, 6.45) is 2.13. The monoisotopic (exact) mass is 266 g/mol. The van der Waals surface area contributed by atoms with Crippen LogP contribution >= 0.6 is 0 Å². The highest BCUT2D eigenvalue weighted by Crippen LogP contribution is 1.96. The fourth-order valence-corrected chi connectivity index (χ4v) is 1.89. The molecule has 1 amide bonds. The standard InChI is InChI=1S/C10H22N2O4S/c1-8(13)4-3-6-12-10(14)9(11)5-7-17(2,15)16/h8-9,13H,3-7,11H2,1-2H3,(H,12,14). The van der Waals surface area contributed by atoms with E-state index in [4.69, 9.17) is 10.8 Å². The van der Waals surface area contributed by atoms with Crippen molar-refractivity contribution >= 4 is 15.7 Å². The van der Waals surface area contributed by atoms with E-state index in [9.17, 15) is 13.2 Å². The quantitative estimate of drug-likeness (QED) is 0.489. The predicted molar refractivity (Wildman–Crippen MR) is 66.2 cm³/mol.